The zero-order chi connectivity index (χ0) is 46.9. The first-order valence-electron chi connectivity index (χ1n) is 24.2. The van der Waals surface area contributed by atoms with Gasteiger partial charge in [0.25, 0.3) is 6.33 Å². The van der Waals surface area contributed by atoms with Crippen molar-refractivity contribution in [2.45, 2.75) is 24.7 Å². The van der Waals surface area contributed by atoms with Crippen LogP contribution < -0.4 is 9.30 Å². The number of benzene rings is 7. The number of ether oxygens (including phenoxy) is 1. The molecule has 3 saturated carbocycles. The van der Waals surface area contributed by atoms with Crippen molar-refractivity contribution in [1.29, 1.82) is 0 Å². The van der Waals surface area contributed by atoms with Crippen molar-refractivity contribution < 1.29 is 44.1 Å². The smallest absolute Gasteiger partial charge is 0.268 e. The standard InChI is InChI=1S/C53H36N4O.Pt/c1-3-13-37(14-4-1)43-20-12-21-44(38-15-5-2-6-16-38)52(43)56-35-55(48-23-9-10-24-49(48)56)40-17-11-18-41(30-40)58-42-25-26-46-45-19-7-8-22-47(45)57(50(46)31-42)51-29-39(27-28-54-51)53-32-36(33-53)34-53;/h1-29,36H,32-34H2;/q-2;/i1D,2D,3D,4D,5D,6D,13D,14D,15D,16D;. The topological polar surface area (TPSA) is 35.9 Å². The molecule has 0 saturated heterocycles. The third-order valence-electron chi connectivity index (χ3n) is 11.8. The van der Waals surface area contributed by atoms with E-state index >= 15 is 0 Å². The van der Waals surface area contributed by atoms with Gasteiger partial charge in [-0.1, -0.05) is 127 Å². The second kappa shape index (κ2) is 14.1. The van der Waals surface area contributed by atoms with Crippen LogP contribution in [0.3, 0.4) is 0 Å². The monoisotopic (exact) mass is 949 g/mol. The molecular weight excluding hydrogens is 904 g/mol. The van der Waals surface area contributed by atoms with Crippen molar-refractivity contribution >= 4 is 32.8 Å². The molecule has 0 N–H and O–H groups in total. The first-order chi connectivity index (χ1) is 32.8. The van der Waals surface area contributed by atoms with Crippen LogP contribution in [0, 0.1) is 24.4 Å². The Labute approximate surface area is 371 Å². The van der Waals surface area contributed by atoms with Gasteiger partial charge < -0.3 is 13.9 Å². The van der Waals surface area contributed by atoms with Gasteiger partial charge in [-0.3, -0.25) is 4.57 Å². The molecule has 3 aliphatic rings. The van der Waals surface area contributed by atoms with Crippen LogP contribution in [0.5, 0.6) is 11.5 Å². The Hall–Kier alpha value is -6.55. The molecule has 7 aromatic carbocycles. The zero-order valence-corrected chi connectivity index (χ0v) is 33.5. The second-order valence-corrected chi connectivity index (χ2v) is 15.1. The molecule has 13 rings (SSSR count). The molecule has 286 valence electrons. The Morgan fingerprint density at radius 3 is 2.08 bits per heavy atom. The van der Waals surface area contributed by atoms with Gasteiger partial charge in [-0.05, 0) is 87.7 Å². The van der Waals surface area contributed by atoms with Crippen LogP contribution in [0.2, 0.25) is 0 Å². The molecule has 3 aliphatic carbocycles. The minimum absolute atomic E-state index is 0. The molecule has 6 heteroatoms. The Morgan fingerprint density at radius 2 is 1.36 bits per heavy atom. The normalized spacial score (nSPS) is 19.1. The summed E-state index contributed by atoms with van der Waals surface area (Å²) in [5.41, 5.74) is 5.31. The molecule has 0 unspecified atom stereocenters. The summed E-state index contributed by atoms with van der Waals surface area (Å²) in [7, 11) is 0. The van der Waals surface area contributed by atoms with Crippen LogP contribution in [0.25, 0.3) is 72.3 Å². The molecule has 0 atom stereocenters. The number of pyridine rings is 1. The van der Waals surface area contributed by atoms with Crippen LogP contribution in [0.1, 0.15) is 38.5 Å². The molecule has 5 nitrogen and oxygen atoms in total. The van der Waals surface area contributed by atoms with Gasteiger partial charge in [-0.25, -0.2) is 4.98 Å². The average Bonchev–Trinajstić information content (AvgIpc) is 3.87. The number of para-hydroxylation sites is 4. The maximum absolute atomic E-state index is 8.99. The van der Waals surface area contributed by atoms with E-state index in [4.69, 9.17) is 23.4 Å². The van der Waals surface area contributed by atoms with Crippen LogP contribution in [-0.4, -0.2) is 14.1 Å². The van der Waals surface area contributed by atoms with Crippen molar-refractivity contribution in [3.63, 3.8) is 0 Å². The van der Waals surface area contributed by atoms with E-state index in [9.17, 15) is 0 Å². The van der Waals surface area contributed by atoms with Gasteiger partial charge in [0.2, 0.25) is 0 Å². The second-order valence-electron chi connectivity index (χ2n) is 15.1. The van der Waals surface area contributed by atoms with Gasteiger partial charge in [-0.2, -0.15) is 18.2 Å². The Bertz CT molecular complexity index is 3650. The molecule has 3 fully saturated rings. The zero-order valence-electron chi connectivity index (χ0n) is 41.2. The molecule has 3 aromatic heterocycles. The van der Waals surface area contributed by atoms with Gasteiger partial charge in [0.15, 0.2) is 0 Å². The minimum atomic E-state index is -0.567. The molecule has 0 amide bonds. The molecule has 0 radical (unpaired) electrons. The fraction of sp³-hybridized carbons (Fsp3) is 0.0943. The average molecular weight is 950 g/mol. The molecule has 0 spiro atoms. The summed E-state index contributed by atoms with van der Waals surface area (Å²) in [4.78, 5) is 4.87. The number of nitrogens with zero attached hydrogens (tertiary/aromatic N) is 4. The van der Waals surface area contributed by atoms with E-state index in [1.807, 2.05) is 66.9 Å². The predicted octanol–water partition coefficient (Wildman–Crippen LogP) is 12.0. The largest absolute Gasteiger partial charge is 0.510 e. The van der Waals surface area contributed by atoms with E-state index in [1.54, 1.807) is 33.4 Å². The molecule has 59 heavy (non-hydrogen) atoms. The van der Waals surface area contributed by atoms with E-state index < -0.39 is 60.4 Å². The fourth-order valence-corrected chi connectivity index (χ4v) is 8.98. The van der Waals surface area contributed by atoms with Gasteiger partial charge in [0.1, 0.15) is 5.82 Å². The minimum Gasteiger partial charge on any atom is -0.510 e. The molecule has 0 aliphatic heterocycles. The Kier molecular flexibility index (Phi) is 6.31. The van der Waals surface area contributed by atoms with Gasteiger partial charge in [-0.15, -0.1) is 29.7 Å². The van der Waals surface area contributed by atoms with E-state index in [2.05, 4.69) is 47.3 Å². The van der Waals surface area contributed by atoms with Gasteiger partial charge in [0.05, 0.1) is 30.4 Å². The number of rotatable bonds is 8. The maximum Gasteiger partial charge on any atom is 0.268 e. The summed E-state index contributed by atoms with van der Waals surface area (Å²) in [6.07, 6.45) is 9.02. The van der Waals surface area contributed by atoms with Crippen LogP contribution >= 0.6 is 0 Å². The summed E-state index contributed by atoms with van der Waals surface area (Å²) in [6, 6.07) is 35.8. The van der Waals surface area contributed by atoms with E-state index in [1.165, 1.54) is 24.8 Å². The van der Waals surface area contributed by atoms with E-state index in [0.717, 1.165) is 33.5 Å². The van der Waals surface area contributed by atoms with Crippen molar-refractivity contribution in [2.24, 2.45) is 5.92 Å². The molecule has 10 aromatic rings. The van der Waals surface area contributed by atoms with Gasteiger partial charge >= 0.3 is 0 Å². The summed E-state index contributed by atoms with van der Waals surface area (Å²) in [5.74, 6) is 2.50. The fourth-order valence-electron chi connectivity index (χ4n) is 8.98. The van der Waals surface area contributed by atoms with Crippen molar-refractivity contribution in [3.8, 4) is 50.9 Å². The van der Waals surface area contributed by atoms with Gasteiger partial charge in [0, 0.05) is 44.3 Å². The van der Waals surface area contributed by atoms with Crippen molar-refractivity contribution in [3.05, 3.63) is 200 Å². The Balaban J connectivity index is 0.00000520. The predicted molar refractivity (Wildman–Crippen MR) is 230 cm³/mol. The third kappa shape index (κ3) is 5.79. The van der Waals surface area contributed by atoms with Crippen LogP contribution in [-0.2, 0) is 26.5 Å². The van der Waals surface area contributed by atoms with Crippen LogP contribution in [0.15, 0.2) is 176 Å². The number of hydrogen-bond donors (Lipinski definition) is 0. The van der Waals surface area contributed by atoms with Crippen LogP contribution in [0.4, 0.5) is 0 Å². The number of imidazole rings is 1. The SMILES string of the molecule is [2H]c1c([2H])c([2H])c(-c2cccc(-c3c([2H])c([2H])c([2H])c([2H])c3[2H])c2-[n+]2[c-]n(-c3[c-]c(Oc4[c-]c5c(cc4)c4ccccc4n5-c4cc(C56CC(C5)C6)ccn4)ccc3)c3ccccc32)c([2H])c1[2H].[Pt]. The summed E-state index contributed by atoms with van der Waals surface area (Å²) >= 11 is 0. The van der Waals surface area contributed by atoms with Crippen molar-refractivity contribution in [2.75, 3.05) is 0 Å². The number of fused-ring (bicyclic) bond motifs is 4. The third-order valence-corrected chi connectivity index (χ3v) is 11.8. The maximum atomic E-state index is 8.99. The number of hydrogen-bond acceptors (Lipinski definition) is 2. The van der Waals surface area contributed by atoms with E-state index in [0.29, 0.717) is 28.2 Å². The quantitative estimate of drug-likeness (QED) is 0.112. The molecule has 3 heterocycles. The molecular formula is C53H36N4OPt-2. The summed E-state index contributed by atoms with van der Waals surface area (Å²) in [6.45, 7) is 0. The Morgan fingerprint density at radius 1 is 0.678 bits per heavy atom. The summed E-state index contributed by atoms with van der Waals surface area (Å²) < 4.78 is 98.9. The molecule has 2 bridgehead atoms. The first-order valence-corrected chi connectivity index (χ1v) is 19.2. The first kappa shape index (κ1) is 26.4. The number of aromatic nitrogens is 4. The van der Waals surface area contributed by atoms with E-state index in [-0.39, 0.29) is 54.4 Å². The van der Waals surface area contributed by atoms with Crippen molar-refractivity contribution in [1.82, 2.24) is 14.1 Å². The summed E-state index contributed by atoms with van der Waals surface area (Å²) in [5, 5.41) is 2.08.